The van der Waals surface area contributed by atoms with Crippen molar-refractivity contribution >= 4 is 39.5 Å². The van der Waals surface area contributed by atoms with E-state index in [1.807, 2.05) is 0 Å². The van der Waals surface area contributed by atoms with Crippen LogP contribution >= 0.6 is 11.6 Å². The van der Waals surface area contributed by atoms with E-state index < -0.39 is 10.0 Å². The third kappa shape index (κ3) is 5.00. The van der Waals surface area contributed by atoms with Gasteiger partial charge in [-0.3, -0.25) is 9.29 Å². The molecule has 0 saturated heterocycles. The zero-order valence-corrected chi connectivity index (χ0v) is 18.9. The largest absolute Gasteiger partial charge is 0.506 e. The number of anilines is 1. The number of halogens is 1. The summed E-state index contributed by atoms with van der Waals surface area (Å²) < 4.78 is 34.9. The third-order valence-corrected chi connectivity index (χ3v) is 6.15. The van der Waals surface area contributed by atoms with Gasteiger partial charge in [0.15, 0.2) is 11.5 Å². The van der Waals surface area contributed by atoms with Crippen molar-refractivity contribution in [2.24, 2.45) is 4.99 Å². The van der Waals surface area contributed by atoms with E-state index in [0.717, 1.165) is 5.56 Å². The van der Waals surface area contributed by atoms with Crippen molar-refractivity contribution in [1.29, 1.82) is 0 Å². The Morgan fingerprint density at radius 2 is 1.97 bits per heavy atom. The molecule has 0 atom stereocenters. The van der Waals surface area contributed by atoms with Crippen LogP contribution in [0.3, 0.4) is 0 Å². The van der Waals surface area contributed by atoms with Crippen LogP contribution in [0.2, 0.25) is 5.02 Å². The van der Waals surface area contributed by atoms with Crippen LogP contribution < -0.4 is 9.46 Å². The second kappa shape index (κ2) is 9.36. The summed E-state index contributed by atoms with van der Waals surface area (Å²) in [6.45, 7) is 0. The fourth-order valence-corrected chi connectivity index (χ4v) is 4.26. The Balaban J connectivity index is 1.74. The molecule has 0 radical (unpaired) electrons. The van der Waals surface area contributed by atoms with Gasteiger partial charge in [-0.25, -0.2) is 13.4 Å². The van der Waals surface area contributed by atoms with E-state index in [-0.39, 0.29) is 46.8 Å². The van der Waals surface area contributed by atoms with Gasteiger partial charge in [0.05, 0.1) is 12.9 Å². The van der Waals surface area contributed by atoms with Gasteiger partial charge in [-0.2, -0.15) is 0 Å². The summed E-state index contributed by atoms with van der Waals surface area (Å²) >= 11 is 5.89. The Morgan fingerprint density at radius 1 is 1.18 bits per heavy atom. The fraction of sp³-hybridized carbons (Fsp3) is 0.136. The first-order chi connectivity index (χ1) is 15.9. The van der Waals surface area contributed by atoms with Crippen LogP contribution in [0, 0.1) is 0 Å². The van der Waals surface area contributed by atoms with Gasteiger partial charge in [-0.05, 0) is 42.0 Å². The maximum absolute atomic E-state index is 12.9. The number of nitrogens with zero attached hydrogens (tertiary/aromatic N) is 4. The van der Waals surface area contributed by atoms with Crippen molar-refractivity contribution in [3.05, 3.63) is 76.4 Å². The van der Waals surface area contributed by atoms with Crippen molar-refractivity contribution in [3.63, 3.8) is 0 Å². The number of methoxy groups -OCH3 is 1. The topological polar surface area (TPSA) is 119 Å². The molecule has 0 saturated carbocycles. The first-order valence-corrected chi connectivity index (χ1v) is 11.7. The van der Waals surface area contributed by atoms with Gasteiger partial charge < -0.3 is 9.84 Å². The Hall–Kier alpha value is -3.81. The van der Waals surface area contributed by atoms with Crippen LogP contribution in [0.25, 0.3) is 11.4 Å². The summed E-state index contributed by atoms with van der Waals surface area (Å²) in [6.07, 6.45) is 3.31. The highest BCUT2D eigenvalue weighted by Crippen LogP contribution is 2.36. The van der Waals surface area contributed by atoms with E-state index in [9.17, 15) is 13.5 Å². The molecule has 1 aliphatic rings. The summed E-state index contributed by atoms with van der Waals surface area (Å²) in [4.78, 5) is 4.19. The number of allylic oxidation sites excluding steroid dienone is 1. The molecule has 3 aromatic rings. The Labute approximate surface area is 195 Å². The SMILES string of the molecule is COc1cccc(O)c1-n1c(NS(=O)(=O)CCc2ccc(Cl)cc2)nnc1C1=C=C=CC=N1. The number of nitrogens with one attached hydrogen (secondary N) is 1. The fourth-order valence-electron chi connectivity index (χ4n) is 3.11. The highest BCUT2D eigenvalue weighted by atomic mass is 35.5. The monoisotopic (exact) mass is 483 g/mol. The Kier molecular flexibility index (Phi) is 6.35. The molecular weight excluding hydrogens is 466 g/mol. The number of sulfonamides is 1. The highest BCUT2D eigenvalue weighted by molar-refractivity contribution is 7.92. The number of benzene rings is 2. The van der Waals surface area contributed by atoms with Crippen molar-refractivity contribution in [2.45, 2.75) is 6.42 Å². The van der Waals surface area contributed by atoms with Crippen LogP contribution in [0.4, 0.5) is 5.95 Å². The quantitative estimate of drug-likeness (QED) is 0.474. The lowest BCUT2D eigenvalue weighted by molar-refractivity contribution is 0.404. The van der Waals surface area contributed by atoms with Crippen LogP contribution in [0.1, 0.15) is 11.4 Å². The molecule has 2 heterocycles. The van der Waals surface area contributed by atoms with Gasteiger partial charge in [0, 0.05) is 17.3 Å². The number of para-hydroxylation sites is 1. The lowest BCUT2D eigenvalue weighted by Crippen LogP contribution is -2.21. The van der Waals surface area contributed by atoms with E-state index in [1.165, 1.54) is 24.0 Å². The Bertz CT molecular complexity index is 1430. The van der Waals surface area contributed by atoms with Crippen LogP contribution in [-0.4, -0.2) is 47.4 Å². The minimum atomic E-state index is -3.84. The molecule has 1 aromatic heterocycles. The molecule has 4 rings (SSSR count). The number of phenolic OH excluding ortho intramolecular Hbond substituents is 1. The average Bonchev–Trinajstić information content (AvgIpc) is 3.21. The first kappa shape index (κ1) is 22.4. The number of ether oxygens (including phenoxy) is 1. The molecule has 2 N–H and O–H groups in total. The van der Waals surface area contributed by atoms with Crippen molar-refractivity contribution < 1.29 is 18.3 Å². The van der Waals surface area contributed by atoms with Crippen LogP contribution in [0.5, 0.6) is 11.5 Å². The number of phenols is 1. The van der Waals surface area contributed by atoms with Gasteiger partial charge in [0.2, 0.25) is 16.0 Å². The molecule has 0 aliphatic carbocycles. The van der Waals surface area contributed by atoms with Gasteiger partial charge >= 0.3 is 0 Å². The number of aromatic nitrogens is 3. The van der Waals surface area contributed by atoms with Crippen LogP contribution in [-0.2, 0) is 16.4 Å². The summed E-state index contributed by atoms with van der Waals surface area (Å²) in [6, 6.07) is 11.6. The van der Waals surface area contributed by atoms with Crippen LogP contribution in [0.15, 0.2) is 65.0 Å². The maximum Gasteiger partial charge on any atom is 0.243 e. The predicted octanol–water partition coefficient (Wildman–Crippen LogP) is 3.35. The molecule has 1 aliphatic heterocycles. The van der Waals surface area contributed by atoms with E-state index in [0.29, 0.717) is 5.02 Å². The number of aliphatic imine (C=N–C) groups is 1. The molecule has 0 spiro atoms. The molecule has 33 heavy (non-hydrogen) atoms. The molecule has 2 aromatic carbocycles. The maximum atomic E-state index is 12.9. The van der Waals surface area contributed by atoms with Gasteiger partial charge in [0.25, 0.3) is 0 Å². The second-order valence-electron chi connectivity index (χ2n) is 6.87. The first-order valence-electron chi connectivity index (χ1n) is 9.69. The average molecular weight is 484 g/mol. The number of rotatable bonds is 8. The summed E-state index contributed by atoms with van der Waals surface area (Å²) in [5.74, 6) is -0.102. The molecule has 0 fully saturated rings. The highest BCUT2D eigenvalue weighted by Gasteiger charge is 2.25. The summed E-state index contributed by atoms with van der Waals surface area (Å²) in [5, 5.41) is 19.2. The zero-order chi connectivity index (χ0) is 23.4. The summed E-state index contributed by atoms with van der Waals surface area (Å²) in [7, 11) is -2.41. The number of hydrogen-bond donors (Lipinski definition) is 2. The zero-order valence-electron chi connectivity index (χ0n) is 17.4. The van der Waals surface area contributed by atoms with E-state index in [4.69, 9.17) is 16.3 Å². The third-order valence-electron chi connectivity index (χ3n) is 4.67. The van der Waals surface area contributed by atoms with Crippen molar-refractivity contribution in [2.75, 3.05) is 17.6 Å². The number of hydrogen-bond acceptors (Lipinski definition) is 7. The number of aromatic hydroxyl groups is 1. The molecular formula is C22H18ClN5O4S. The molecule has 0 bridgehead atoms. The van der Waals surface area contributed by atoms with Gasteiger partial charge in [0.1, 0.15) is 17.2 Å². The Morgan fingerprint density at radius 3 is 2.67 bits per heavy atom. The van der Waals surface area contributed by atoms with E-state index in [2.05, 4.69) is 31.4 Å². The lowest BCUT2D eigenvalue weighted by Gasteiger charge is -2.16. The summed E-state index contributed by atoms with van der Waals surface area (Å²) in [5.41, 5.74) is 6.79. The smallest absolute Gasteiger partial charge is 0.243 e. The molecule has 168 valence electrons. The van der Waals surface area contributed by atoms with Crippen molar-refractivity contribution in [3.8, 4) is 17.2 Å². The minimum absolute atomic E-state index is 0.139. The van der Waals surface area contributed by atoms with Gasteiger partial charge in [-0.15, -0.1) is 10.2 Å². The molecule has 9 nitrogen and oxygen atoms in total. The molecule has 0 unspecified atom stereocenters. The standard InChI is InChI=1S/C22H18ClN5O4S/c1-32-19-7-4-6-18(29)20(19)28-21(17-5-2-3-13-24-17)25-26-22(28)27-33(30,31)14-12-15-8-10-16(23)11-9-15/h3-4,6-11,13,29H,12,14H2,1H3,(H,26,27). The molecule has 0 amide bonds. The minimum Gasteiger partial charge on any atom is -0.506 e. The normalized spacial score (nSPS) is 12.6. The predicted molar refractivity (Wildman–Crippen MR) is 126 cm³/mol. The number of aryl methyl sites for hydroxylation is 1. The van der Waals surface area contributed by atoms with Gasteiger partial charge in [-0.1, -0.05) is 35.5 Å². The lowest BCUT2D eigenvalue weighted by atomic mass is 10.2. The van der Waals surface area contributed by atoms with E-state index in [1.54, 1.807) is 42.5 Å². The van der Waals surface area contributed by atoms with Crippen molar-refractivity contribution in [1.82, 2.24) is 14.8 Å². The molecule has 11 heteroatoms. The van der Waals surface area contributed by atoms with E-state index >= 15 is 0 Å². The second-order valence-corrected chi connectivity index (χ2v) is 9.15.